The number of ether oxygens (including phenoxy) is 1. The predicted octanol–water partition coefficient (Wildman–Crippen LogP) is 2.32. The minimum absolute atomic E-state index is 0.168. The third-order valence-corrected chi connectivity index (χ3v) is 5.46. The van der Waals surface area contributed by atoms with E-state index in [4.69, 9.17) is 4.74 Å². The zero-order valence-corrected chi connectivity index (χ0v) is 15.9. The van der Waals surface area contributed by atoms with E-state index >= 15 is 0 Å². The van der Waals surface area contributed by atoms with Crippen LogP contribution in [0.25, 0.3) is 11.3 Å². The van der Waals surface area contributed by atoms with Gasteiger partial charge in [0.2, 0.25) is 5.91 Å². The molecule has 0 aliphatic carbocycles. The predicted molar refractivity (Wildman–Crippen MR) is 103 cm³/mol. The second-order valence-electron chi connectivity index (χ2n) is 7.36. The van der Waals surface area contributed by atoms with Gasteiger partial charge in [0, 0.05) is 43.5 Å². The minimum atomic E-state index is -0.264. The van der Waals surface area contributed by atoms with E-state index in [2.05, 4.69) is 14.9 Å². The molecule has 148 valence electrons. The number of morpholine rings is 1. The monoisotopic (exact) mass is 384 g/mol. The van der Waals surface area contributed by atoms with Gasteiger partial charge in [-0.2, -0.15) is 0 Å². The van der Waals surface area contributed by atoms with Crippen LogP contribution in [0.4, 0.5) is 4.39 Å². The van der Waals surface area contributed by atoms with Crippen LogP contribution in [0, 0.1) is 5.82 Å². The Bertz CT molecular complexity index is 808. The number of halogens is 1. The van der Waals surface area contributed by atoms with Crippen LogP contribution in [0.1, 0.15) is 24.5 Å². The van der Waals surface area contributed by atoms with Crippen LogP contribution >= 0.6 is 0 Å². The summed E-state index contributed by atoms with van der Waals surface area (Å²) in [4.78, 5) is 25.8. The Balaban J connectivity index is 1.47. The van der Waals surface area contributed by atoms with Crippen LogP contribution in [0.2, 0.25) is 0 Å². The van der Waals surface area contributed by atoms with E-state index in [0.29, 0.717) is 32.8 Å². The first kappa shape index (κ1) is 19.0. The average molecular weight is 384 g/mol. The number of hydrogen-bond acceptors (Lipinski definition) is 5. The van der Waals surface area contributed by atoms with Crippen LogP contribution in [-0.4, -0.2) is 71.6 Å². The molecule has 0 spiro atoms. The molecule has 2 aliphatic rings. The van der Waals surface area contributed by atoms with Crippen molar-refractivity contribution in [3.8, 4) is 11.3 Å². The maximum atomic E-state index is 13.3. The molecule has 1 aromatic carbocycles. The molecule has 0 radical (unpaired) electrons. The first-order valence-electron chi connectivity index (χ1n) is 9.85. The molecule has 7 heteroatoms. The van der Waals surface area contributed by atoms with Gasteiger partial charge in [-0.1, -0.05) is 0 Å². The fourth-order valence-corrected chi connectivity index (χ4v) is 4.00. The molecule has 2 saturated heterocycles. The van der Waals surface area contributed by atoms with E-state index < -0.39 is 0 Å². The van der Waals surface area contributed by atoms with Gasteiger partial charge in [0.05, 0.1) is 31.1 Å². The summed E-state index contributed by atoms with van der Waals surface area (Å²) in [7, 11) is 0. The quantitative estimate of drug-likeness (QED) is 0.810. The molecule has 1 aromatic heterocycles. The summed E-state index contributed by atoms with van der Waals surface area (Å²) in [5, 5.41) is 0. The molecule has 0 saturated carbocycles. The highest BCUT2D eigenvalue weighted by molar-refractivity contribution is 5.78. The van der Waals surface area contributed by atoms with Gasteiger partial charge in [-0.3, -0.25) is 19.7 Å². The van der Waals surface area contributed by atoms with Crippen molar-refractivity contribution >= 4 is 5.91 Å². The lowest BCUT2D eigenvalue weighted by Gasteiger charge is -2.34. The highest BCUT2D eigenvalue weighted by Gasteiger charge is 2.28. The average Bonchev–Trinajstić information content (AvgIpc) is 2.75. The molecule has 2 fully saturated rings. The lowest BCUT2D eigenvalue weighted by atomic mass is 9.91. The molecule has 0 unspecified atom stereocenters. The summed E-state index contributed by atoms with van der Waals surface area (Å²) < 4.78 is 18.6. The van der Waals surface area contributed by atoms with Gasteiger partial charge in [0.1, 0.15) is 5.82 Å². The third kappa shape index (κ3) is 4.36. The molecule has 2 aromatic rings. The van der Waals surface area contributed by atoms with Crippen LogP contribution < -0.4 is 0 Å². The standard InChI is InChI=1S/C21H25FN4O2/c22-18-5-3-16(4-6-18)20-21(24-8-7-23-20)17-2-1-9-25(14-17)15-19(27)26-10-12-28-13-11-26/h3-8,17H,1-2,9-15H2/t17-/m0/s1. The number of amides is 1. The molecule has 0 bridgehead atoms. The SMILES string of the molecule is O=C(CN1CCC[C@H](c2nccnc2-c2ccc(F)cc2)C1)N1CCOCC1. The maximum absolute atomic E-state index is 13.3. The Labute approximate surface area is 164 Å². The summed E-state index contributed by atoms with van der Waals surface area (Å²) in [6.45, 7) is 4.72. The number of rotatable bonds is 4. The number of carbonyl (C=O) groups excluding carboxylic acids is 1. The number of carbonyl (C=O) groups is 1. The molecule has 0 N–H and O–H groups in total. The number of hydrogen-bond donors (Lipinski definition) is 0. The van der Waals surface area contributed by atoms with Crippen molar-refractivity contribution < 1.29 is 13.9 Å². The summed E-state index contributed by atoms with van der Waals surface area (Å²) in [6.07, 6.45) is 5.40. The Morgan fingerprint density at radius 2 is 1.86 bits per heavy atom. The van der Waals surface area contributed by atoms with E-state index in [1.165, 1.54) is 12.1 Å². The normalized spacial score (nSPS) is 20.9. The molecule has 28 heavy (non-hydrogen) atoms. The molecular formula is C21H25FN4O2. The van der Waals surface area contributed by atoms with Crippen molar-refractivity contribution in [2.24, 2.45) is 0 Å². The van der Waals surface area contributed by atoms with Crippen LogP contribution in [-0.2, 0) is 9.53 Å². The highest BCUT2D eigenvalue weighted by Crippen LogP contribution is 2.31. The summed E-state index contributed by atoms with van der Waals surface area (Å²) in [6, 6.07) is 6.38. The van der Waals surface area contributed by atoms with E-state index in [1.807, 2.05) is 4.90 Å². The Kier molecular flexibility index (Phi) is 5.92. The van der Waals surface area contributed by atoms with E-state index in [-0.39, 0.29) is 17.6 Å². The summed E-state index contributed by atoms with van der Waals surface area (Å²) in [5.74, 6) is 0.113. The number of nitrogens with zero attached hydrogens (tertiary/aromatic N) is 4. The van der Waals surface area contributed by atoms with E-state index in [9.17, 15) is 9.18 Å². The number of piperidine rings is 1. The molecule has 4 rings (SSSR count). The van der Waals surface area contributed by atoms with Crippen molar-refractivity contribution in [1.29, 1.82) is 0 Å². The minimum Gasteiger partial charge on any atom is -0.378 e. The Hall–Kier alpha value is -2.38. The van der Waals surface area contributed by atoms with Gasteiger partial charge in [0.15, 0.2) is 0 Å². The molecule has 1 amide bonds. The largest absolute Gasteiger partial charge is 0.378 e. The number of aromatic nitrogens is 2. The first-order chi connectivity index (χ1) is 13.7. The maximum Gasteiger partial charge on any atom is 0.236 e. The van der Waals surface area contributed by atoms with Crippen molar-refractivity contribution in [2.75, 3.05) is 45.9 Å². The number of benzene rings is 1. The first-order valence-corrected chi connectivity index (χ1v) is 9.85. The van der Waals surface area contributed by atoms with Crippen LogP contribution in [0.5, 0.6) is 0 Å². The van der Waals surface area contributed by atoms with Crippen molar-refractivity contribution in [1.82, 2.24) is 19.8 Å². The van der Waals surface area contributed by atoms with Crippen molar-refractivity contribution in [3.05, 3.63) is 48.2 Å². The lowest BCUT2D eigenvalue weighted by molar-refractivity contribution is -0.136. The van der Waals surface area contributed by atoms with Gasteiger partial charge in [0.25, 0.3) is 0 Å². The third-order valence-electron chi connectivity index (χ3n) is 5.46. The summed E-state index contributed by atoms with van der Waals surface area (Å²) >= 11 is 0. The smallest absolute Gasteiger partial charge is 0.236 e. The Morgan fingerprint density at radius 1 is 1.11 bits per heavy atom. The van der Waals surface area contributed by atoms with Gasteiger partial charge in [-0.05, 0) is 43.7 Å². The second kappa shape index (κ2) is 8.75. The van der Waals surface area contributed by atoms with Crippen molar-refractivity contribution in [2.45, 2.75) is 18.8 Å². The molecule has 3 heterocycles. The lowest BCUT2D eigenvalue weighted by Crippen LogP contribution is -2.47. The molecule has 2 aliphatic heterocycles. The van der Waals surface area contributed by atoms with Crippen LogP contribution in [0.3, 0.4) is 0 Å². The fourth-order valence-electron chi connectivity index (χ4n) is 4.00. The van der Waals surface area contributed by atoms with Crippen molar-refractivity contribution in [3.63, 3.8) is 0 Å². The van der Waals surface area contributed by atoms with Crippen LogP contribution in [0.15, 0.2) is 36.7 Å². The summed E-state index contributed by atoms with van der Waals surface area (Å²) in [5.41, 5.74) is 2.59. The molecule has 1 atom stereocenters. The van der Waals surface area contributed by atoms with Gasteiger partial charge in [-0.15, -0.1) is 0 Å². The zero-order chi connectivity index (χ0) is 19.3. The number of likely N-dealkylation sites (tertiary alicyclic amines) is 1. The fraction of sp³-hybridized carbons (Fsp3) is 0.476. The Morgan fingerprint density at radius 3 is 2.64 bits per heavy atom. The molecule has 6 nitrogen and oxygen atoms in total. The topological polar surface area (TPSA) is 58.6 Å². The highest BCUT2D eigenvalue weighted by atomic mass is 19.1. The molecular weight excluding hydrogens is 359 g/mol. The van der Waals surface area contributed by atoms with E-state index in [1.54, 1.807) is 24.5 Å². The van der Waals surface area contributed by atoms with E-state index in [0.717, 1.165) is 42.9 Å². The van der Waals surface area contributed by atoms with Gasteiger partial charge in [-0.25, -0.2) is 4.39 Å². The van der Waals surface area contributed by atoms with Gasteiger partial charge >= 0.3 is 0 Å². The second-order valence-corrected chi connectivity index (χ2v) is 7.36. The zero-order valence-electron chi connectivity index (χ0n) is 15.9. The van der Waals surface area contributed by atoms with Gasteiger partial charge < -0.3 is 9.64 Å².